The summed E-state index contributed by atoms with van der Waals surface area (Å²) in [4.78, 5) is 0. The van der Waals surface area contributed by atoms with Crippen LogP contribution in [0.25, 0.3) is 0 Å². The molecule has 158 valence electrons. The maximum atomic E-state index is 6.12. The van der Waals surface area contributed by atoms with E-state index in [9.17, 15) is 0 Å². The van der Waals surface area contributed by atoms with Gasteiger partial charge in [0, 0.05) is 29.6 Å². The monoisotopic (exact) mass is 398 g/mol. The van der Waals surface area contributed by atoms with Crippen LogP contribution in [0.5, 0.6) is 11.5 Å². The van der Waals surface area contributed by atoms with E-state index >= 15 is 0 Å². The molecule has 0 unspecified atom stereocenters. The third-order valence-corrected chi connectivity index (χ3v) is 6.29. The second-order valence-corrected chi connectivity index (χ2v) is 8.47. The van der Waals surface area contributed by atoms with Gasteiger partial charge in [0.2, 0.25) is 0 Å². The minimum atomic E-state index is 0.107. The van der Waals surface area contributed by atoms with Gasteiger partial charge in [-0.2, -0.15) is 0 Å². The molecule has 2 atom stereocenters. The van der Waals surface area contributed by atoms with Gasteiger partial charge in [0.15, 0.2) is 0 Å². The highest BCUT2D eigenvalue weighted by Crippen LogP contribution is 2.44. The first-order valence-corrected chi connectivity index (χ1v) is 10.8. The fraction of sp³-hybridized carbons (Fsp3) is 0.520. The fourth-order valence-corrected chi connectivity index (χ4v) is 4.48. The highest BCUT2D eigenvalue weighted by molar-refractivity contribution is 5.40. The zero-order valence-corrected chi connectivity index (χ0v) is 18.3. The number of ether oxygens (including phenoxy) is 3. The predicted molar refractivity (Wildman–Crippen MR) is 117 cm³/mol. The molecule has 0 aromatic heterocycles. The zero-order valence-electron chi connectivity index (χ0n) is 18.3. The number of nitrogens with two attached hydrogens (primary N) is 1. The summed E-state index contributed by atoms with van der Waals surface area (Å²) < 4.78 is 17.1. The molecule has 0 radical (unpaired) electrons. The van der Waals surface area contributed by atoms with Crippen molar-refractivity contribution in [2.75, 3.05) is 27.4 Å². The van der Waals surface area contributed by atoms with Crippen molar-refractivity contribution in [3.05, 3.63) is 59.7 Å². The van der Waals surface area contributed by atoms with Gasteiger partial charge in [-0.15, -0.1) is 0 Å². The summed E-state index contributed by atoms with van der Waals surface area (Å²) in [5.41, 5.74) is 2.77. The average molecular weight is 399 g/mol. The summed E-state index contributed by atoms with van der Waals surface area (Å²) in [6.07, 6.45) is 3.53. The number of hydrogen-bond acceptors (Lipinski definition) is 3. The summed E-state index contributed by atoms with van der Waals surface area (Å²) in [5.74, 6) is 2.44. The van der Waals surface area contributed by atoms with E-state index < -0.39 is 0 Å². The molecule has 0 bridgehead atoms. The standard InChI is InChI=1S/C25H35NO3/c1-19(2)24-17-25(14-16-29-24,22-7-5-6-8-23(22)28-4)13-15-26-18-20-9-11-21(27-3)12-10-20/h5-12,19,24,26H,13-18H2,1-4H3/p+1/t24-,25-/m1/s1. The molecule has 2 aromatic rings. The third kappa shape index (κ3) is 5.31. The van der Waals surface area contributed by atoms with E-state index in [-0.39, 0.29) is 5.41 Å². The first-order chi connectivity index (χ1) is 14.1. The van der Waals surface area contributed by atoms with Gasteiger partial charge in [-0.1, -0.05) is 32.0 Å². The molecule has 0 spiro atoms. The smallest absolute Gasteiger partial charge is 0.122 e. The van der Waals surface area contributed by atoms with E-state index in [1.54, 1.807) is 14.2 Å². The van der Waals surface area contributed by atoms with Crippen molar-refractivity contribution in [3.8, 4) is 11.5 Å². The molecule has 2 aromatic carbocycles. The molecule has 1 saturated heterocycles. The Morgan fingerprint density at radius 3 is 2.52 bits per heavy atom. The van der Waals surface area contributed by atoms with Crippen LogP contribution in [0.3, 0.4) is 0 Å². The number of rotatable bonds is 9. The SMILES string of the molecule is COc1ccc(C[NH2+]CC[C@@]2(c3ccccc3OC)CCO[C@@H](C(C)C)C2)cc1. The van der Waals surface area contributed by atoms with Crippen LogP contribution in [-0.4, -0.2) is 33.5 Å². The van der Waals surface area contributed by atoms with E-state index in [1.165, 1.54) is 11.1 Å². The zero-order chi connectivity index (χ0) is 20.7. The van der Waals surface area contributed by atoms with Gasteiger partial charge < -0.3 is 19.5 Å². The topological polar surface area (TPSA) is 44.3 Å². The van der Waals surface area contributed by atoms with Crippen LogP contribution in [0.15, 0.2) is 48.5 Å². The van der Waals surface area contributed by atoms with Crippen LogP contribution >= 0.6 is 0 Å². The number of benzene rings is 2. The quantitative estimate of drug-likeness (QED) is 0.651. The second-order valence-electron chi connectivity index (χ2n) is 8.47. The lowest BCUT2D eigenvalue weighted by Gasteiger charge is -2.43. The first kappa shape index (κ1) is 21.7. The van der Waals surface area contributed by atoms with Gasteiger partial charge in [0.1, 0.15) is 18.0 Å². The summed E-state index contributed by atoms with van der Waals surface area (Å²) in [5, 5.41) is 2.42. The second kappa shape index (κ2) is 10.1. The van der Waals surface area contributed by atoms with E-state index in [0.29, 0.717) is 12.0 Å². The minimum Gasteiger partial charge on any atom is -0.497 e. The van der Waals surface area contributed by atoms with Crippen molar-refractivity contribution in [2.45, 2.75) is 51.2 Å². The molecule has 1 aliphatic rings. The molecule has 1 heterocycles. The third-order valence-electron chi connectivity index (χ3n) is 6.29. The molecule has 1 fully saturated rings. The average Bonchev–Trinajstić information content (AvgIpc) is 2.77. The Morgan fingerprint density at radius 2 is 1.83 bits per heavy atom. The molecule has 3 rings (SSSR count). The molecular formula is C25H36NO3+. The number of methoxy groups -OCH3 is 2. The lowest BCUT2D eigenvalue weighted by Crippen LogP contribution is -2.83. The molecule has 4 heteroatoms. The molecule has 2 N–H and O–H groups in total. The molecule has 0 aliphatic carbocycles. The summed E-state index contributed by atoms with van der Waals surface area (Å²) >= 11 is 0. The Hall–Kier alpha value is -2.04. The molecule has 29 heavy (non-hydrogen) atoms. The molecule has 4 nitrogen and oxygen atoms in total. The maximum absolute atomic E-state index is 6.12. The van der Waals surface area contributed by atoms with Gasteiger partial charge in [-0.3, -0.25) is 0 Å². The maximum Gasteiger partial charge on any atom is 0.122 e. The Labute approximate surface area is 175 Å². The summed E-state index contributed by atoms with van der Waals surface area (Å²) in [6, 6.07) is 16.9. The highest BCUT2D eigenvalue weighted by atomic mass is 16.5. The van der Waals surface area contributed by atoms with Crippen LogP contribution in [0.1, 0.15) is 44.2 Å². The number of hydrogen-bond donors (Lipinski definition) is 1. The predicted octanol–water partition coefficient (Wildman–Crippen LogP) is 3.93. The normalized spacial score (nSPS) is 21.9. The van der Waals surface area contributed by atoms with Crippen molar-refractivity contribution in [1.82, 2.24) is 0 Å². The van der Waals surface area contributed by atoms with E-state index in [2.05, 4.69) is 55.6 Å². The van der Waals surface area contributed by atoms with E-state index in [0.717, 1.165) is 50.5 Å². The van der Waals surface area contributed by atoms with Gasteiger partial charge >= 0.3 is 0 Å². The van der Waals surface area contributed by atoms with Crippen molar-refractivity contribution in [2.24, 2.45) is 5.92 Å². The van der Waals surface area contributed by atoms with Crippen LogP contribution in [-0.2, 0) is 16.7 Å². The van der Waals surface area contributed by atoms with Crippen molar-refractivity contribution < 1.29 is 19.5 Å². The highest BCUT2D eigenvalue weighted by Gasteiger charge is 2.41. The van der Waals surface area contributed by atoms with Crippen LogP contribution in [0, 0.1) is 5.92 Å². The van der Waals surface area contributed by atoms with Crippen molar-refractivity contribution >= 4 is 0 Å². The van der Waals surface area contributed by atoms with Crippen molar-refractivity contribution in [1.29, 1.82) is 0 Å². The lowest BCUT2D eigenvalue weighted by atomic mass is 9.68. The molecule has 1 aliphatic heterocycles. The van der Waals surface area contributed by atoms with Gasteiger partial charge in [-0.05, 0) is 49.1 Å². The number of quaternary nitrogens is 1. The van der Waals surface area contributed by atoms with Crippen LogP contribution in [0.4, 0.5) is 0 Å². The Balaban J connectivity index is 1.71. The van der Waals surface area contributed by atoms with E-state index in [4.69, 9.17) is 14.2 Å². The van der Waals surface area contributed by atoms with E-state index in [1.807, 2.05) is 12.1 Å². The van der Waals surface area contributed by atoms with Crippen LogP contribution < -0.4 is 14.8 Å². The molecule has 0 saturated carbocycles. The Kier molecular flexibility index (Phi) is 7.57. The number of para-hydroxylation sites is 1. The first-order valence-electron chi connectivity index (χ1n) is 10.8. The van der Waals surface area contributed by atoms with Gasteiger partial charge in [-0.25, -0.2) is 0 Å². The van der Waals surface area contributed by atoms with Gasteiger partial charge in [0.25, 0.3) is 0 Å². The minimum absolute atomic E-state index is 0.107. The molecular weight excluding hydrogens is 362 g/mol. The van der Waals surface area contributed by atoms with Crippen molar-refractivity contribution in [3.63, 3.8) is 0 Å². The van der Waals surface area contributed by atoms with Gasteiger partial charge in [0.05, 0.1) is 26.9 Å². The Bertz CT molecular complexity index is 759. The Morgan fingerprint density at radius 1 is 1.07 bits per heavy atom. The summed E-state index contributed by atoms with van der Waals surface area (Å²) in [6.45, 7) is 7.40. The fourth-order valence-electron chi connectivity index (χ4n) is 4.48. The largest absolute Gasteiger partial charge is 0.497 e. The van der Waals surface area contributed by atoms with Crippen LogP contribution in [0.2, 0.25) is 0 Å². The lowest BCUT2D eigenvalue weighted by molar-refractivity contribution is -0.671. The summed E-state index contributed by atoms with van der Waals surface area (Å²) in [7, 11) is 3.48. The molecule has 0 amide bonds.